The van der Waals surface area contributed by atoms with Crippen LogP contribution in [0.5, 0.6) is 5.75 Å². The van der Waals surface area contributed by atoms with Crippen LogP contribution in [0.4, 0.5) is 4.79 Å². The van der Waals surface area contributed by atoms with E-state index in [4.69, 9.17) is 31.5 Å². The van der Waals surface area contributed by atoms with Gasteiger partial charge in [-0.15, -0.1) is 15.0 Å². The SMILES string of the molecule is CCCCc1nc(Cl)c(C=O)n1Cc1ccc(-c2ccccc2-c2nnn(COC(=O)Oc3cccc(CON(O)O)c3)n2)cc1. The highest BCUT2D eigenvalue weighted by Crippen LogP contribution is 2.30. The maximum atomic E-state index is 12.2. The fourth-order valence-electron chi connectivity index (χ4n) is 4.67. The first-order chi connectivity index (χ1) is 22.3. The summed E-state index contributed by atoms with van der Waals surface area (Å²) < 4.78 is 12.2. The van der Waals surface area contributed by atoms with Gasteiger partial charge in [-0.3, -0.25) is 15.2 Å². The lowest BCUT2D eigenvalue weighted by atomic mass is 9.98. The highest BCUT2D eigenvalue weighted by atomic mass is 35.5. The Labute approximate surface area is 268 Å². The third-order valence-electron chi connectivity index (χ3n) is 6.88. The smallest absolute Gasteiger partial charge is 0.409 e. The van der Waals surface area contributed by atoms with Gasteiger partial charge in [-0.1, -0.05) is 85.6 Å². The van der Waals surface area contributed by atoms with Crippen LogP contribution in [-0.2, 0) is 35.9 Å². The van der Waals surface area contributed by atoms with E-state index in [9.17, 15) is 9.59 Å². The van der Waals surface area contributed by atoms with Gasteiger partial charge in [0.1, 0.15) is 17.3 Å². The molecule has 2 N–H and O–H groups in total. The van der Waals surface area contributed by atoms with E-state index in [1.165, 1.54) is 12.1 Å². The topological polar surface area (TPSA) is 167 Å². The summed E-state index contributed by atoms with van der Waals surface area (Å²) in [7, 11) is 0. The van der Waals surface area contributed by atoms with E-state index >= 15 is 0 Å². The second-order valence-electron chi connectivity index (χ2n) is 10.0. The Morgan fingerprint density at radius 1 is 1.02 bits per heavy atom. The third-order valence-corrected chi connectivity index (χ3v) is 7.16. The van der Waals surface area contributed by atoms with Crippen LogP contribution >= 0.6 is 11.6 Å². The van der Waals surface area contributed by atoms with Gasteiger partial charge >= 0.3 is 6.16 Å². The van der Waals surface area contributed by atoms with Gasteiger partial charge in [-0.25, -0.2) is 14.6 Å². The number of nitrogens with zero attached hydrogens (tertiary/aromatic N) is 7. The molecule has 0 aliphatic carbocycles. The molecule has 14 nitrogen and oxygen atoms in total. The van der Waals surface area contributed by atoms with Crippen molar-refractivity contribution >= 4 is 24.0 Å². The molecular weight excluding hydrogens is 618 g/mol. The molecule has 0 aliphatic heterocycles. The van der Waals surface area contributed by atoms with E-state index < -0.39 is 11.5 Å². The first kappa shape index (κ1) is 32.4. The number of tetrazole rings is 1. The van der Waals surface area contributed by atoms with Crippen molar-refractivity contribution in [2.45, 2.75) is 46.1 Å². The molecule has 2 aromatic heterocycles. The number of aryl methyl sites for hydroxylation is 1. The van der Waals surface area contributed by atoms with Crippen molar-refractivity contribution in [2.24, 2.45) is 0 Å². The molecule has 0 saturated carbocycles. The van der Waals surface area contributed by atoms with E-state index in [1.54, 1.807) is 12.1 Å². The molecule has 5 aromatic rings. The molecule has 0 amide bonds. The number of unbranched alkanes of at least 4 members (excludes halogenated alkanes) is 1. The highest BCUT2D eigenvalue weighted by Gasteiger charge is 2.17. The molecule has 3 aromatic carbocycles. The summed E-state index contributed by atoms with van der Waals surface area (Å²) in [5, 5.41) is 29.7. The Morgan fingerprint density at radius 2 is 1.80 bits per heavy atom. The maximum absolute atomic E-state index is 12.2. The molecule has 0 aliphatic rings. The predicted octanol–water partition coefficient (Wildman–Crippen LogP) is 5.75. The Morgan fingerprint density at radius 3 is 2.54 bits per heavy atom. The van der Waals surface area contributed by atoms with Gasteiger partial charge in [0.05, 0.1) is 12.0 Å². The molecule has 0 spiro atoms. The van der Waals surface area contributed by atoms with Gasteiger partial charge in [-0.05, 0) is 46.0 Å². The molecule has 15 heteroatoms. The number of aldehydes is 1. The summed E-state index contributed by atoms with van der Waals surface area (Å²) in [6.45, 7) is 2.04. The quantitative estimate of drug-likeness (QED) is 0.0649. The zero-order valence-electron chi connectivity index (χ0n) is 24.7. The molecule has 46 heavy (non-hydrogen) atoms. The van der Waals surface area contributed by atoms with Crippen molar-refractivity contribution in [3.8, 4) is 28.3 Å². The van der Waals surface area contributed by atoms with Crippen molar-refractivity contribution in [3.63, 3.8) is 0 Å². The molecule has 2 heterocycles. The van der Waals surface area contributed by atoms with E-state index in [1.807, 2.05) is 53.1 Å². The normalized spacial score (nSPS) is 11.2. The van der Waals surface area contributed by atoms with E-state index in [0.29, 0.717) is 23.6 Å². The number of hydrogen-bond acceptors (Lipinski definition) is 12. The van der Waals surface area contributed by atoms with Crippen LogP contribution in [0.15, 0.2) is 72.8 Å². The lowest BCUT2D eigenvalue weighted by molar-refractivity contribution is -0.497. The van der Waals surface area contributed by atoms with Crippen molar-refractivity contribution in [1.82, 2.24) is 35.1 Å². The van der Waals surface area contributed by atoms with Crippen LogP contribution in [0.2, 0.25) is 5.15 Å². The molecular formula is C31H30ClN7O7. The number of carbonyl (C=O) groups excluding carboxylic acids is 2. The fourth-order valence-corrected chi connectivity index (χ4v) is 4.91. The number of carbonyl (C=O) groups is 2. The monoisotopic (exact) mass is 647 g/mol. The Kier molecular flexibility index (Phi) is 10.8. The Hall–Kier alpha value is -4.99. The van der Waals surface area contributed by atoms with Gasteiger partial charge < -0.3 is 14.0 Å². The van der Waals surface area contributed by atoms with E-state index in [2.05, 4.69) is 32.2 Å². The molecule has 0 unspecified atom stereocenters. The molecule has 0 saturated heterocycles. The number of benzene rings is 3. The predicted molar refractivity (Wildman–Crippen MR) is 163 cm³/mol. The van der Waals surface area contributed by atoms with Gasteiger partial charge in [0.15, 0.2) is 11.4 Å². The van der Waals surface area contributed by atoms with Crippen LogP contribution in [0.3, 0.4) is 0 Å². The minimum Gasteiger partial charge on any atom is -0.409 e. The standard InChI is InChI=1S/C31H30ClN7O7/c1-2-3-11-28-33-29(32)27(18-40)37(28)17-21-12-14-23(15-13-21)25-9-4-5-10-26(25)30-34-36-38(35-30)20-44-31(41)46-24-8-6-7-22(16-24)19-45-39(42)43/h4-10,12-16,18,42-43H,2-3,11,17,19-20H2,1H3. The second-order valence-corrected chi connectivity index (χ2v) is 10.4. The molecule has 0 radical (unpaired) electrons. The lowest BCUT2D eigenvalue weighted by Gasteiger charge is -2.11. The molecule has 5 rings (SSSR count). The van der Waals surface area contributed by atoms with Crippen LogP contribution < -0.4 is 4.74 Å². The number of ether oxygens (including phenoxy) is 2. The zero-order chi connectivity index (χ0) is 32.5. The summed E-state index contributed by atoms with van der Waals surface area (Å²) >= 11 is 6.24. The summed E-state index contributed by atoms with van der Waals surface area (Å²) in [5.41, 5.74) is 4.36. The molecule has 238 valence electrons. The third kappa shape index (κ3) is 8.18. The summed E-state index contributed by atoms with van der Waals surface area (Å²) in [4.78, 5) is 34.0. The lowest BCUT2D eigenvalue weighted by Crippen LogP contribution is -2.16. The fraction of sp³-hybridized carbons (Fsp3) is 0.226. The largest absolute Gasteiger partial charge is 0.515 e. The van der Waals surface area contributed by atoms with E-state index in [0.717, 1.165) is 58.4 Å². The molecule has 0 fully saturated rings. The minimum atomic E-state index is -1.00. The van der Waals surface area contributed by atoms with Gasteiger partial charge in [0, 0.05) is 18.5 Å². The van der Waals surface area contributed by atoms with E-state index in [-0.39, 0.29) is 24.2 Å². The average molecular weight is 648 g/mol. The van der Waals surface area contributed by atoms with Crippen LogP contribution in [0.25, 0.3) is 22.5 Å². The molecule has 0 atom stereocenters. The Balaban J connectivity index is 1.24. The van der Waals surface area contributed by atoms with Gasteiger partial charge in [0.2, 0.25) is 12.6 Å². The average Bonchev–Trinajstić information content (AvgIpc) is 3.66. The van der Waals surface area contributed by atoms with Crippen molar-refractivity contribution < 1.29 is 34.3 Å². The van der Waals surface area contributed by atoms with Crippen molar-refractivity contribution in [2.75, 3.05) is 0 Å². The van der Waals surface area contributed by atoms with Crippen LogP contribution in [0, 0.1) is 0 Å². The first-order valence-corrected chi connectivity index (χ1v) is 14.6. The number of imidazole rings is 1. The van der Waals surface area contributed by atoms with Gasteiger partial charge in [0.25, 0.3) is 0 Å². The minimum absolute atomic E-state index is 0.163. The summed E-state index contributed by atoms with van der Waals surface area (Å²) in [6, 6.07) is 21.7. The van der Waals surface area contributed by atoms with Crippen LogP contribution in [0.1, 0.15) is 47.2 Å². The number of aromatic nitrogens is 6. The Bertz CT molecular complexity index is 1790. The van der Waals surface area contributed by atoms with Gasteiger partial charge in [-0.2, -0.15) is 0 Å². The molecule has 0 bridgehead atoms. The summed E-state index contributed by atoms with van der Waals surface area (Å²) in [6.07, 6.45) is 2.42. The number of rotatable bonds is 14. The number of halogens is 1. The van der Waals surface area contributed by atoms with Crippen molar-refractivity contribution in [3.05, 3.63) is 101 Å². The maximum Gasteiger partial charge on any atom is 0.515 e. The number of hydrogen-bond donors (Lipinski definition) is 2. The first-order valence-electron chi connectivity index (χ1n) is 14.3. The van der Waals surface area contributed by atoms with Crippen LogP contribution in [-0.4, -0.2) is 58.0 Å². The summed E-state index contributed by atoms with van der Waals surface area (Å²) in [5.74, 6) is 1.28. The van der Waals surface area contributed by atoms with Crippen molar-refractivity contribution in [1.29, 1.82) is 0 Å². The zero-order valence-corrected chi connectivity index (χ0v) is 25.4. The highest BCUT2D eigenvalue weighted by molar-refractivity contribution is 6.31. The second kappa shape index (κ2) is 15.3.